The van der Waals surface area contributed by atoms with E-state index < -0.39 is 11.3 Å². The van der Waals surface area contributed by atoms with Crippen LogP contribution in [0, 0.1) is 13.8 Å². The second-order valence-electron chi connectivity index (χ2n) is 5.93. The number of fused-ring (bicyclic) bond motifs is 1. The van der Waals surface area contributed by atoms with E-state index in [0.29, 0.717) is 28.2 Å². The summed E-state index contributed by atoms with van der Waals surface area (Å²) in [5, 5.41) is 7.85. The van der Waals surface area contributed by atoms with Crippen molar-refractivity contribution >= 4 is 34.1 Å². The zero-order valence-electron chi connectivity index (χ0n) is 14.3. The van der Waals surface area contributed by atoms with Crippen molar-refractivity contribution in [2.45, 2.75) is 27.3 Å². The van der Waals surface area contributed by atoms with Gasteiger partial charge in [-0.2, -0.15) is 5.10 Å². The number of halogens is 1. The molecule has 3 rings (SSSR count). The summed E-state index contributed by atoms with van der Waals surface area (Å²) in [7, 11) is 0. The molecule has 0 aliphatic rings. The maximum atomic E-state index is 12.7. The number of aryl methyl sites for hydroxylation is 3. The van der Waals surface area contributed by atoms with Crippen molar-refractivity contribution in [3.63, 3.8) is 0 Å². The van der Waals surface area contributed by atoms with Crippen LogP contribution < -0.4 is 10.7 Å². The van der Waals surface area contributed by atoms with Crippen molar-refractivity contribution in [1.82, 2.24) is 9.78 Å². The third-order valence-electron chi connectivity index (χ3n) is 4.06. The van der Waals surface area contributed by atoms with Gasteiger partial charge in [0.1, 0.15) is 0 Å². The molecule has 3 aromatic rings. The topological polar surface area (TPSA) is 64.0 Å². The Kier molecular flexibility index (Phi) is 4.59. The number of amides is 1. The van der Waals surface area contributed by atoms with Crippen molar-refractivity contribution < 1.29 is 4.79 Å². The standard InChI is InChI=1S/C19H18ClN3O2/c1-4-23-16-8-6-13(20)10-14(16)18(24)17(22-23)19(25)21-15-7-5-11(2)9-12(15)3/h5-10H,4H2,1-3H3,(H,21,25). The maximum Gasteiger partial charge on any atom is 0.280 e. The van der Waals surface area contributed by atoms with Gasteiger partial charge in [-0.05, 0) is 50.6 Å². The number of aromatic nitrogens is 2. The average Bonchev–Trinajstić information content (AvgIpc) is 2.58. The molecule has 0 radical (unpaired) electrons. The number of hydrogen-bond acceptors (Lipinski definition) is 3. The monoisotopic (exact) mass is 355 g/mol. The molecule has 0 aliphatic heterocycles. The van der Waals surface area contributed by atoms with Gasteiger partial charge in [-0.3, -0.25) is 14.3 Å². The zero-order valence-corrected chi connectivity index (χ0v) is 15.0. The van der Waals surface area contributed by atoms with Gasteiger partial charge in [0.25, 0.3) is 5.91 Å². The Bertz CT molecular complexity index is 1040. The van der Waals surface area contributed by atoms with E-state index in [1.54, 1.807) is 22.9 Å². The van der Waals surface area contributed by atoms with Gasteiger partial charge in [0, 0.05) is 17.3 Å². The maximum absolute atomic E-state index is 12.7. The number of carbonyl (C=O) groups is 1. The minimum Gasteiger partial charge on any atom is -0.320 e. The fourth-order valence-electron chi connectivity index (χ4n) is 2.79. The molecule has 0 saturated heterocycles. The lowest BCUT2D eigenvalue weighted by Crippen LogP contribution is -2.27. The molecule has 5 nitrogen and oxygen atoms in total. The Morgan fingerprint density at radius 3 is 2.64 bits per heavy atom. The fourth-order valence-corrected chi connectivity index (χ4v) is 2.96. The first-order chi connectivity index (χ1) is 11.9. The van der Waals surface area contributed by atoms with Gasteiger partial charge in [0.2, 0.25) is 5.43 Å². The summed E-state index contributed by atoms with van der Waals surface area (Å²) in [5.74, 6) is -0.527. The molecule has 0 atom stereocenters. The normalized spacial score (nSPS) is 10.9. The van der Waals surface area contributed by atoms with E-state index in [-0.39, 0.29) is 5.69 Å². The largest absolute Gasteiger partial charge is 0.320 e. The smallest absolute Gasteiger partial charge is 0.280 e. The number of anilines is 1. The van der Waals surface area contributed by atoms with Crippen LogP contribution in [0.2, 0.25) is 5.02 Å². The summed E-state index contributed by atoms with van der Waals surface area (Å²) >= 11 is 6.01. The first kappa shape index (κ1) is 17.2. The molecule has 128 valence electrons. The van der Waals surface area contributed by atoms with Gasteiger partial charge in [-0.15, -0.1) is 0 Å². The minimum absolute atomic E-state index is 0.142. The van der Waals surface area contributed by atoms with Crippen LogP contribution in [0.5, 0.6) is 0 Å². The lowest BCUT2D eigenvalue weighted by atomic mass is 10.1. The molecule has 1 amide bonds. The summed E-state index contributed by atoms with van der Waals surface area (Å²) in [6.45, 7) is 6.31. The van der Waals surface area contributed by atoms with E-state index >= 15 is 0 Å². The molecule has 1 N–H and O–H groups in total. The van der Waals surface area contributed by atoms with Gasteiger partial charge in [0.15, 0.2) is 5.69 Å². The van der Waals surface area contributed by atoms with Crippen LogP contribution in [0.4, 0.5) is 5.69 Å². The van der Waals surface area contributed by atoms with Crippen LogP contribution in [-0.4, -0.2) is 15.7 Å². The molecule has 0 unspecified atom stereocenters. The molecule has 0 saturated carbocycles. The third kappa shape index (κ3) is 3.28. The van der Waals surface area contributed by atoms with Crippen molar-refractivity contribution in [2.75, 3.05) is 5.32 Å². The molecule has 0 spiro atoms. The van der Waals surface area contributed by atoms with Crippen molar-refractivity contribution in [2.24, 2.45) is 0 Å². The molecule has 1 heterocycles. The van der Waals surface area contributed by atoms with Crippen molar-refractivity contribution in [3.05, 3.63) is 68.5 Å². The average molecular weight is 356 g/mol. The number of benzene rings is 2. The molecule has 25 heavy (non-hydrogen) atoms. The fraction of sp³-hybridized carbons (Fsp3) is 0.211. The molecular weight excluding hydrogens is 338 g/mol. The second kappa shape index (κ2) is 6.69. The Hall–Kier alpha value is -2.66. The van der Waals surface area contributed by atoms with Gasteiger partial charge in [-0.1, -0.05) is 29.3 Å². The quantitative estimate of drug-likeness (QED) is 0.774. The molecule has 0 aliphatic carbocycles. The highest BCUT2D eigenvalue weighted by atomic mass is 35.5. The Balaban J connectivity index is 2.10. The summed E-state index contributed by atoms with van der Waals surface area (Å²) in [6.07, 6.45) is 0. The molecule has 6 heteroatoms. The molecule has 1 aromatic heterocycles. The lowest BCUT2D eigenvalue weighted by molar-refractivity contribution is 0.101. The van der Waals surface area contributed by atoms with Crippen LogP contribution in [0.1, 0.15) is 28.5 Å². The highest BCUT2D eigenvalue weighted by Crippen LogP contribution is 2.18. The summed E-state index contributed by atoms with van der Waals surface area (Å²) in [5.41, 5.74) is 2.77. The Labute approximate surface area is 150 Å². The number of hydrogen-bond donors (Lipinski definition) is 1. The van der Waals surface area contributed by atoms with Gasteiger partial charge in [-0.25, -0.2) is 0 Å². The van der Waals surface area contributed by atoms with E-state index in [0.717, 1.165) is 11.1 Å². The summed E-state index contributed by atoms with van der Waals surface area (Å²) < 4.78 is 1.63. The van der Waals surface area contributed by atoms with E-state index in [9.17, 15) is 9.59 Å². The summed E-state index contributed by atoms with van der Waals surface area (Å²) in [4.78, 5) is 25.4. The van der Waals surface area contributed by atoms with Crippen LogP contribution >= 0.6 is 11.6 Å². The van der Waals surface area contributed by atoms with E-state index in [1.807, 2.05) is 39.0 Å². The zero-order chi connectivity index (χ0) is 18.1. The number of nitrogens with one attached hydrogen (secondary N) is 1. The molecule has 0 fully saturated rings. The molecule has 2 aromatic carbocycles. The van der Waals surface area contributed by atoms with E-state index in [2.05, 4.69) is 10.4 Å². The first-order valence-corrected chi connectivity index (χ1v) is 8.37. The minimum atomic E-state index is -0.527. The highest BCUT2D eigenvalue weighted by Gasteiger charge is 2.18. The number of rotatable bonds is 3. The predicted octanol–water partition coefficient (Wildman–Crippen LogP) is 3.94. The predicted molar refractivity (Wildman–Crippen MR) is 101 cm³/mol. The Morgan fingerprint density at radius 1 is 1.20 bits per heavy atom. The summed E-state index contributed by atoms with van der Waals surface area (Å²) in [6, 6.07) is 10.7. The number of carbonyl (C=O) groups excluding carboxylic acids is 1. The molecule has 0 bridgehead atoms. The van der Waals surface area contributed by atoms with Crippen LogP contribution in [0.25, 0.3) is 10.9 Å². The van der Waals surface area contributed by atoms with Crippen LogP contribution in [0.15, 0.2) is 41.2 Å². The first-order valence-electron chi connectivity index (χ1n) is 7.99. The Morgan fingerprint density at radius 2 is 1.96 bits per heavy atom. The van der Waals surface area contributed by atoms with Gasteiger partial charge in [0.05, 0.1) is 10.9 Å². The van der Waals surface area contributed by atoms with Crippen LogP contribution in [-0.2, 0) is 6.54 Å². The SMILES string of the molecule is CCn1nc(C(=O)Nc2ccc(C)cc2C)c(=O)c2cc(Cl)ccc21. The van der Waals surface area contributed by atoms with E-state index in [1.165, 1.54) is 0 Å². The lowest BCUT2D eigenvalue weighted by Gasteiger charge is -2.12. The number of nitrogens with zero attached hydrogens (tertiary/aromatic N) is 2. The van der Waals surface area contributed by atoms with Gasteiger partial charge >= 0.3 is 0 Å². The van der Waals surface area contributed by atoms with Crippen molar-refractivity contribution in [3.8, 4) is 0 Å². The molecular formula is C19H18ClN3O2. The van der Waals surface area contributed by atoms with Crippen molar-refractivity contribution in [1.29, 1.82) is 0 Å². The highest BCUT2D eigenvalue weighted by molar-refractivity contribution is 6.31. The van der Waals surface area contributed by atoms with E-state index in [4.69, 9.17) is 11.6 Å². The van der Waals surface area contributed by atoms with Gasteiger partial charge < -0.3 is 5.32 Å². The third-order valence-corrected chi connectivity index (χ3v) is 4.30. The second-order valence-corrected chi connectivity index (χ2v) is 6.36. The van der Waals surface area contributed by atoms with Crippen LogP contribution in [0.3, 0.4) is 0 Å².